The number of amidine groups is 1. The molecule has 2 aromatic heterocycles. The van der Waals surface area contributed by atoms with E-state index in [-0.39, 0.29) is 48.6 Å². The van der Waals surface area contributed by atoms with Crippen LogP contribution in [0.25, 0.3) is 0 Å². The number of piperazine rings is 1. The number of hydrogen-bond donors (Lipinski definition) is 1. The Morgan fingerprint density at radius 3 is 2.02 bits per heavy atom. The third kappa shape index (κ3) is 5.87. The highest BCUT2D eigenvalue weighted by Gasteiger charge is 2.60. The molecule has 14 heteroatoms. The molecule has 3 amide bonds. The lowest BCUT2D eigenvalue weighted by molar-refractivity contribution is -0.133. The molecule has 1 fully saturated rings. The van der Waals surface area contributed by atoms with E-state index < -0.39 is 11.1 Å². The van der Waals surface area contributed by atoms with Crippen LogP contribution in [0.1, 0.15) is 57.0 Å². The predicted octanol–water partition coefficient (Wildman–Crippen LogP) is 5.24. The Morgan fingerprint density at radius 1 is 0.896 bits per heavy atom. The molecule has 6 rings (SSSR count). The summed E-state index contributed by atoms with van der Waals surface area (Å²) < 4.78 is 1.37. The highest BCUT2D eigenvalue weighted by atomic mass is 35.5. The van der Waals surface area contributed by atoms with Crippen LogP contribution in [0.15, 0.2) is 72.1 Å². The Bertz CT molecular complexity index is 1850. The lowest BCUT2D eigenvalue weighted by atomic mass is 9.71. The minimum Gasteiger partial charge on any atom is -0.507 e. The Kier molecular flexibility index (Phi) is 8.67. The summed E-state index contributed by atoms with van der Waals surface area (Å²) in [5, 5.41) is 23.6. The van der Waals surface area contributed by atoms with Crippen molar-refractivity contribution in [3.8, 4) is 5.75 Å². The van der Waals surface area contributed by atoms with E-state index in [0.717, 1.165) is 11.1 Å². The van der Waals surface area contributed by atoms with E-state index in [0.29, 0.717) is 34.4 Å². The van der Waals surface area contributed by atoms with Crippen molar-refractivity contribution in [2.24, 2.45) is 4.99 Å². The largest absolute Gasteiger partial charge is 0.507 e. The van der Waals surface area contributed by atoms with Gasteiger partial charge in [0.05, 0.1) is 5.56 Å². The van der Waals surface area contributed by atoms with Gasteiger partial charge in [0.1, 0.15) is 35.5 Å². The highest BCUT2D eigenvalue weighted by molar-refractivity contribution is 6.30. The van der Waals surface area contributed by atoms with Gasteiger partial charge in [-0.1, -0.05) is 68.2 Å². The molecule has 2 aliphatic heterocycles. The number of pyridine rings is 1. The number of halogens is 2. The SMILES string of the molecule is CC(C)(C)c1cc(O)c(C2=N[C@@](C)(c3ccc(Cl)cc3)[C@@](C)(c3ccc(Cl)cc3)N2C(=O)N2CCN(C(=O)Cn3cnnn3)CC2)cn1. The summed E-state index contributed by atoms with van der Waals surface area (Å²) in [4.78, 5) is 43.0. The van der Waals surface area contributed by atoms with Gasteiger partial charge in [-0.25, -0.2) is 9.48 Å². The van der Waals surface area contributed by atoms with Gasteiger partial charge in [0.15, 0.2) is 0 Å². The average Bonchev–Trinajstić information content (AvgIpc) is 3.65. The fraction of sp³-hybridized carbons (Fsp3) is 0.382. The third-order valence-corrected chi connectivity index (χ3v) is 9.93. The lowest BCUT2D eigenvalue weighted by Gasteiger charge is -2.47. The number of carbonyl (C=O) groups excluding carboxylic acids is 2. The topological polar surface area (TPSA) is 133 Å². The zero-order valence-corrected chi connectivity index (χ0v) is 28.9. The van der Waals surface area contributed by atoms with Crippen molar-refractivity contribution >= 4 is 41.0 Å². The second-order valence-electron chi connectivity index (χ2n) is 13.4. The highest BCUT2D eigenvalue weighted by Crippen LogP contribution is 2.54. The van der Waals surface area contributed by atoms with Gasteiger partial charge in [-0.05, 0) is 59.7 Å². The molecule has 12 nitrogen and oxygen atoms in total. The van der Waals surface area contributed by atoms with E-state index in [9.17, 15) is 14.7 Å². The molecule has 48 heavy (non-hydrogen) atoms. The molecular weight excluding hydrogens is 653 g/mol. The van der Waals surface area contributed by atoms with Crippen molar-refractivity contribution in [3.63, 3.8) is 0 Å². The zero-order valence-electron chi connectivity index (χ0n) is 27.4. The molecule has 2 atom stereocenters. The molecule has 4 aromatic rings. The summed E-state index contributed by atoms with van der Waals surface area (Å²) in [5.41, 5.74) is 0.113. The number of nitrogens with zero attached hydrogens (tertiary/aromatic N) is 9. The predicted molar refractivity (Wildman–Crippen MR) is 182 cm³/mol. The summed E-state index contributed by atoms with van der Waals surface area (Å²) in [6.07, 6.45) is 2.97. The van der Waals surface area contributed by atoms with E-state index >= 15 is 0 Å². The van der Waals surface area contributed by atoms with Crippen molar-refractivity contribution in [1.29, 1.82) is 0 Å². The summed E-state index contributed by atoms with van der Waals surface area (Å²) >= 11 is 12.7. The summed E-state index contributed by atoms with van der Waals surface area (Å²) in [7, 11) is 0. The van der Waals surface area contributed by atoms with Gasteiger partial charge in [-0.3, -0.25) is 19.7 Å². The number of benzene rings is 2. The summed E-state index contributed by atoms with van der Waals surface area (Å²) in [5.74, 6) is 0.0925. The van der Waals surface area contributed by atoms with E-state index in [1.54, 1.807) is 51.2 Å². The van der Waals surface area contributed by atoms with Crippen molar-refractivity contribution in [1.82, 2.24) is 39.9 Å². The van der Waals surface area contributed by atoms with Crippen LogP contribution in [0.4, 0.5) is 4.79 Å². The molecule has 1 N–H and O–H groups in total. The second-order valence-corrected chi connectivity index (χ2v) is 14.3. The number of carbonyl (C=O) groups is 2. The Balaban J connectivity index is 1.45. The van der Waals surface area contributed by atoms with Crippen LogP contribution in [0.2, 0.25) is 10.0 Å². The van der Waals surface area contributed by atoms with E-state index in [1.807, 2.05) is 58.9 Å². The van der Waals surface area contributed by atoms with Crippen LogP contribution < -0.4 is 0 Å². The molecule has 2 aromatic carbocycles. The maximum Gasteiger partial charge on any atom is 0.326 e. The maximum absolute atomic E-state index is 15.0. The number of aromatic nitrogens is 5. The van der Waals surface area contributed by atoms with Crippen LogP contribution in [0, 0.1) is 0 Å². The smallest absolute Gasteiger partial charge is 0.326 e. The molecule has 0 aliphatic carbocycles. The molecule has 4 heterocycles. The number of aromatic hydroxyl groups is 1. The molecule has 0 unspecified atom stereocenters. The first-order chi connectivity index (χ1) is 22.7. The number of hydrogen-bond acceptors (Lipinski definition) is 8. The summed E-state index contributed by atoms with van der Waals surface area (Å²) in [6.45, 7) is 11.2. The maximum atomic E-state index is 15.0. The first kappa shape index (κ1) is 33.4. The monoisotopic (exact) mass is 689 g/mol. The normalized spacial score (nSPS) is 21.4. The zero-order chi connectivity index (χ0) is 34.4. The number of rotatable bonds is 5. The molecule has 1 saturated heterocycles. The Morgan fingerprint density at radius 2 is 1.48 bits per heavy atom. The quantitative estimate of drug-likeness (QED) is 0.303. The molecule has 0 spiro atoms. The van der Waals surface area contributed by atoms with Gasteiger partial charge >= 0.3 is 6.03 Å². The van der Waals surface area contributed by atoms with Gasteiger partial charge in [-0.2, -0.15) is 0 Å². The minimum atomic E-state index is -1.12. The minimum absolute atomic E-state index is 0.00873. The molecule has 2 aliphatic rings. The van der Waals surface area contributed by atoms with Crippen LogP contribution in [0.5, 0.6) is 5.75 Å². The number of amides is 3. The molecular formula is C34H37Cl2N9O3. The molecule has 0 saturated carbocycles. The second kappa shape index (κ2) is 12.5. The van der Waals surface area contributed by atoms with Crippen LogP contribution in [0.3, 0.4) is 0 Å². The number of tetrazole rings is 1. The van der Waals surface area contributed by atoms with Crippen LogP contribution >= 0.6 is 23.2 Å². The fourth-order valence-corrected chi connectivity index (χ4v) is 6.63. The molecule has 0 radical (unpaired) electrons. The Labute approximate surface area is 289 Å². The van der Waals surface area contributed by atoms with Crippen molar-refractivity contribution in [2.75, 3.05) is 26.2 Å². The molecule has 0 bridgehead atoms. The van der Waals surface area contributed by atoms with Crippen molar-refractivity contribution in [3.05, 3.63) is 99.6 Å². The number of aliphatic imine (C=N–C) groups is 1. The van der Waals surface area contributed by atoms with Gasteiger partial charge in [-0.15, -0.1) is 5.10 Å². The Hall–Kier alpha value is -4.55. The number of urea groups is 1. The first-order valence-corrected chi connectivity index (χ1v) is 16.4. The third-order valence-electron chi connectivity index (χ3n) is 9.42. The van der Waals surface area contributed by atoms with Crippen molar-refractivity contribution in [2.45, 2.75) is 57.7 Å². The fourth-order valence-electron chi connectivity index (χ4n) is 6.37. The van der Waals surface area contributed by atoms with Crippen molar-refractivity contribution < 1.29 is 14.7 Å². The lowest BCUT2D eigenvalue weighted by Crippen LogP contribution is -2.61. The average molecular weight is 691 g/mol. The first-order valence-electron chi connectivity index (χ1n) is 15.6. The van der Waals surface area contributed by atoms with Gasteiger partial charge < -0.3 is 14.9 Å². The van der Waals surface area contributed by atoms with Crippen LogP contribution in [-0.2, 0) is 27.8 Å². The van der Waals surface area contributed by atoms with Gasteiger partial charge in [0.2, 0.25) is 5.91 Å². The van der Waals surface area contributed by atoms with Gasteiger partial charge in [0.25, 0.3) is 0 Å². The van der Waals surface area contributed by atoms with E-state index in [2.05, 4.69) is 15.5 Å². The van der Waals surface area contributed by atoms with E-state index in [1.165, 1.54) is 11.0 Å². The van der Waals surface area contributed by atoms with Crippen LogP contribution in [-0.4, -0.2) is 89.0 Å². The molecule has 250 valence electrons. The summed E-state index contributed by atoms with van der Waals surface area (Å²) in [6, 6.07) is 16.1. The van der Waals surface area contributed by atoms with Gasteiger partial charge in [0, 0.05) is 59.6 Å². The van der Waals surface area contributed by atoms with E-state index in [4.69, 9.17) is 33.2 Å². The standard InChI is InChI=1S/C34H37Cl2N9O3/c1-32(2,3)28-18-27(46)26(19-37-28)30-39-33(4,22-6-10-24(35)11-7-22)34(5,23-8-12-25(36)13-9-23)45(30)31(48)43-16-14-42(15-17-43)29(47)20-44-21-38-40-41-44/h6-13,18-19,21H,14-17,20H2,1-5H3,(H,37,46)/t33-,34+/m0/s1.